The number of nitrogens with zero attached hydrogens (tertiary/aromatic N) is 2. The van der Waals surface area contributed by atoms with Crippen LogP contribution in [0.15, 0.2) is 65.6 Å². The van der Waals surface area contributed by atoms with Gasteiger partial charge in [-0.3, -0.25) is 9.52 Å². The maximum absolute atomic E-state index is 13.2. The van der Waals surface area contributed by atoms with Crippen LogP contribution in [-0.4, -0.2) is 62.0 Å². The Labute approximate surface area is 290 Å². The smallest absolute Gasteiger partial charge is 0.261 e. The van der Waals surface area contributed by atoms with E-state index in [1.807, 2.05) is 25.2 Å². The van der Waals surface area contributed by atoms with E-state index in [2.05, 4.69) is 96.0 Å². The maximum Gasteiger partial charge on any atom is 0.261 e. The van der Waals surface area contributed by atoms with Crippen molar-refractivity contribution in [1.82, 2.24) is 19.5 Å². The molecule has 1 aromatic heterocycles. The Morgan fingerprint density at radius 3 is 2.47 bits per heavy atom. The lowest BCUT2D eigenvalue weighted by molar-refractivity contribution is 0.0984. The molecule has 0 spiro atoms. The zero-order valence-corrected chi connectivity index (χ0v) is 30.4. The molecule has 6 nitrogen and oxygen atoms in total. The molecule has 1 aliphatic carbocycles. The van der Waals surface area contributed by atoms with E-state index in [0.29, 0.717) is 23.3 Å². The third-order valence-electron chi connectivity index (χ3n) is 9.00. The number of ether oxygens (including phenoxy) is 1. The quantitative estimate of drug-likeness (QED) is 0.123. The number of allylic oxidation sites excluding steroid dienone is 1. The van der Waals surface area contributed by atoms with Crippen molar-refractivity contribution >= 4 is 53.0 Å². The molecule has 6 rings (SSSR count). The lowest BCUT2D eigenvalue weighted by atomic mass is 9.81. The van der Waals surface area contributed by atoms with E-state index in [9.17, 15) is 4.79 Å². The second-order valence-electron chi connectivity index (χ2n) is 13.1. The predicted molar refractivity (Wildman–Crippen MR) is 204 cm³/mol. The van der Waals surface area contributed by atoms with Crippen LogP contribution in [0.3, 0.4) is 0 Å². The van der Waals surface area contributed by atoms with E-state index in [1.165, 1.54) is 71.8 Å². The maximum atomic E-state index is 13.2. The van der Waals surface area contributed by atoms with Gasteiger partial charge in [0.05, 0.1) is 12.8 Å². The van der Waals surface area contributed by atoms with Gasteiger partial charge in [0, 0.05) is 51.8 Å². The number of rotatable bonds is 9. The third kappa shape index (κ3) is 8.29. The molecule has 0 radical (unpaired) electrons. The van der Waals surface area contributed by atoms with Crippen LogP contribution in [0, 0.1) is 0 Å². The SMILES string of the molecule is CNCCN(C)C.COc1ccc2c(c1)C=C(c1ccccc1S)Cn1c-2c(C2CCCCC2)c2ccc(C(=O)NSC(C)C)cc21. The second-order valence-corrected chi connectivity index (χ2v) is 14.9. The van der Waals surface area contributed by atoms with E-state index in [4.69, 9.17) is 17.4 Å². The standard InChI is InChI=1S/C34H36N2O2S2.C5H14N2/c1-21(2)40-35-34(37)23-13-15-29-30(19-23)36-20-25(27-11-7-8-12-31(27)39)17-24-18-26(38-3)14-16-28(24)33(36)32(29)22-9-5-4-6-10-22;1-6-4-5-7(2)3/h7-8,11-19,21-22,39H,4-6,9-10,20H2,1-3H3,(H,35,37);6H,4-5H2,1-3H3. The highest BCUT2D eigenvalue weighted by Gasteiger charge is 2.30. The number of fused-ring (bicyclic) bond motifs is 5. The Balaban J connectivity index is 0.000000559. The first-order chi connectivity index (χ1) is 22.7. The molecule has 2 heterocycles. The summed E-state index contributed by atoms with van der Waals surface area (Å²) >= 11 is 6.29. The van der Waals surface area contributed by atoms with Crippen LogP contribution in [-0.2, 0) is 6.54 Å². The number of benzene rings is 3. The van der Waals surface area contributed by atoms with Crippen LogP contribution in [0.25, 0.3) is 33.8 Å². The number of nitrogens with one attached hydrogen (secondary N) is 2. The lowest BCUT2D eigenvalue weighted by Gasteiger charge is -2.24. The lowest BCUT2D eigenvalue weighted by Crippen LogP contribution is -2.23. The first-order valence-corrected chi connectivity index (χ1v) is 18.1. The molecule has 1 saturated carbocycles. The van der Waals surface area contributed by atoms with Gasteiger partial charge in [0.15, 0.2) is 0 Å². The van der Waals surface area contributed by atoms with Gasteiger partial charge in [-0.2, -0.15) is 0 Å². The molecule has 0 unspecified atom stereocenters. The molecule has 250 valence electrons. The molecule has 1 amide bonds. The monoisotopic (exact) mass is 670 g/mol. The summed E-state index contributed by atoms with van der Waals surface area (Å²) in [6, 6.07) is 21.0. The zero-order chi connectivity index (χ0) is 33.5. The first-order valence-electron chi connectivity index (χ1n) is 16.8. The summed E-state index contributed by atoms with van der Waals surface area (Å²) in [5.74, 6) is 1.29. The van der Waals surface area contributed by atoms with Crippen LogP contribution in [0.5, 0.6) is 5.75 Å². The minimum atomic E-state index is -0.0504. The van der Waals surface area contributed by atoms with Gasteiger partial charge >= 0.3 is 0 Å². The Bertz CT molecular complexity index is 1720. The average molecular weight is 671 g/mol. The van der Waals surface area contributed by atoms with Gasteiger partial charge in [-0.1, -0.05) is 57.4 Å². The van der Waals surface area contributed by atoms with E-state index in [-0.39, 0.29) is 5.91 Å². The number of carbonyl (C=O) groups excluding carboxylic acids is 1. The van der Waals surface area contributed by atoms with Crippen molar-refractivity contribution in [3.05, 3.63) is 82.9 Å². The molecule has 8 heteroatoms. The van der Waals surface area contributed by atoms with Crippen LogP contribution in [0.4, 0.5) is 0 Å². The molecule has 0 saturated heterocycles. The van der Waals surface area contributed by atoms with Gasteiger partial charge in [0.1, 0.15) is 5.75 Å². The zero-order valence-electron chi connectivity index (χ0n) is 28.7. The highest BCUT2D eigenvalue weighted by molar-refractivity contribution is 7.98. The average Bonchev–Trinajstić information content (AvgIpc) is 3.29. The van der Waals surface area contributed by atoms with Crippen LogP contribution in [0.1, 0.15) is 78.9 Å². The number of hydrogen-bond acceptors (Lipinski definition) is 6. The molecule has 2 N–H and O–H groups in total. The minimum absolute atomic E-state index is 0.0504. The van der Waals surface area contributed by atoms with Crippen LogP contribution in [0.2, 0.25) is 0 Å². The first kappa shape index (κ1) is 35.1. The van der Waals surface area contributed by atoms with Gasteiger partial charge in [-0.05, 0) is 117 Å². The molecule has 3 aromatic carbocycles. The molecule has 1 fully saturated rings. The van der Waals surface area contributed by atoms with Gasteiger partial charge in [0.25, 0.3) is 5.91 Å². The van der Waals surface area contributed by atoms with E-state index in [0.717, 1.165) is 40.4 Å². The molecule has 0 atom stereocenters. The second kappa shape index (κ2) is 16.3. The number of amides is 1. The molecular formula is C39H50N4O2S2. The molecular weight excluding hydrogens is 621 g/mol. The summed E-state index contributed by atoms with van der Waals surface area (Å²) in [4.78, 5) is 16.3. The van der Waals surface area contributed by atoms with E-state index >= 15 is 0 Å². The molecule has 4 aromatic rings. The molecule has 47 heavy (non-hydrogen) atoms. The van der Waals surface area contributed by atoms with Crippen molar-refractivity contribution in [1.29, 1.82) is 0 Å². The van der Waals surface area contributed by atoms with Crippen LogP contribution >= 0.6 is 24.6 Å². The third-order valence-corrected chi connectivity index (χ3v) is 10.2. The summed E-state index contributed by atoms with van der Waals surface area (Å²) in [5.41, 5.74) is 9.18. The normalized spacial score (nSPS) is 14.6. The van der Waals surface area contributed by atoms with Gasteiger partial charge in [-0.15, -0.1) is 12.6 Å². The van der Waals surface area contributed by atoms with Crippen LogP contribution < -0.4 is 14.8 Å². The largest absolute Gasteiger partial charge is 0.497 e. The predicted octanol–water partition coefficient (Wildman–Crippen LogP) is 8.76. The summed E-state index contributed by atoms with van der Waals surface area (Å²) in [5, 5.41) is 4.64. The van der Waals surface area contributed by atoms with Gasteiger partial charge in [-0.25, -0.2) is 0 Å². The topological polar surface area (TPSA) is 58.5 Å². The van der Waals surface area contributed by atoms with Gasteiger partial charge < -0.3 is 19.5 Å². The Hall–Kier alpha value is -3.17. The van der Waals surface area contributed by atoms with Crippen molar-refractivity contribution in [2.24, 2.45) is 0 Å². The number of carbonyl (C=O) groups is 1. The summed E-state index contributed by atoms with van der Waals surface area (Å²) < 4.78 is 11.1. The summed E-state index contributed by atoms with van der Waals surface area (Å²) in [7, 11) is 7.82. The number of likely N-dealkylation sites (N-methyl/N-ethyl adjacent to an activating group) is 2. The highest BCUT2D eigenvalue weighted by Crippen LogP contribution is 2.48. The number of hydrogen-bond donors (Lipinski definition) is 3. The van der Waals surface area contributed by atoms with E-state index < -0.39 is 0 Å². The number of aromatic nitrogens is 1. The Morgan fingerprint density at radius 2 is 1.81 bits per heavy atom. The van der Waals surface area contributed by atoms with Crippen molar-refractivity contribution in [3.63, 3.8) is 0 Å². The summed E-state index contributed by atoms with van der Waals surface area (Å²) in [6.07, 6.45) is 8.52. The van der Waals surface area contributed by atoms with Crippen molar-refractivity contribution in [2.75, 3.05) is 41.3 Å². The molecule has 1 aliphatic heterocycles. The molecule has 2 aliphatic rings. The van der Waals surface area contributed by atoms with Crippen molar-refractivity contribution in [2.45, 2.75) is 68.6 Å². The van der Waals surface area contributed by atoms with Crippen molar-refractivity contribution in [3.8, 4) is 17.0 Å². The highest BCUT2D eigenvalue weighted by atomic mass is 32.2. The van der Waals surface area contributed by atoms with Crippen molar-refractivity contribution < 1.29 is 9.53 Å². The van der Waals surface area contributed by atoms with Gasteiger partial charge in [0.2, 0.25) is 0 Å². The van der Waals surface area contributed by atoms with E-state index in [1.54, 1.807) is 7.11 Å². The fourth-order valence-corrected chi connectivity index (χ4v) is 7.42. The number of methoxy groups -OCH3 is 1. The summed E-state index contributed by atoms with van der Waals surface area (Å²) in [6.45, 7) is 7.05. The minimum Gasteiger partial charge on any atom is -0.497 e. The fraction of sp³-hybridized carbons (Fsp3) is 0.410. The fourth-order valence-electron chi connectivity index (χ4n) is 6.66. The Morgan fingerprint density at radius 1 is 1.04 bits per heavy atom. The molecule has 0 bridgehead atoms. The Kier molecular flexibility index (Phi) is 12.2. The number of thiol groups is 1.